The number of hydrogen-bond acceptors (Lipinski definition) is 1. The lowest BCUT2D eigenvalue weighted by atomic mass is 9.78. The third kappa shape index (κ3) is 4.58. The van der Waals surface area contributed by atoms with Gasteiger partial charge >= 0.3 is 0 Å². The minimum Gasteiger partial charge on any atom is -0.327 e. The van der Waals surface area contributed by atoms with Gasteiger partial charge in [0.1, 0.15) is 5.82 Å². The molecular weight excluding hydrogens is 249 g/mol. The molecule has 0 fully saturated rings. The van der Waals surface area contributed by atoms with Crippen LogP contribution in [0, 0.1) is 17.2 Å². The number of benzene rings is 1. The number of halogens is 2. The fraction of sp³-hybridized carbons (Fsp3) is 0.600. The topological polar surface area (TPSA) is 26.0 Å². The molecule has 0 radical (unpaired) electrons. The van der Waals surface area contributed by atoms with Gasteiger partial charge < -0.3 is 5.73 Å². The summed E-state index contributed by atoms with van der Waals surface area (Å²) in [6.07, 6.45) is 1.42. The molecule has 0 saturated carbocycles. The Hall–Kier alpha value is -0.600. The summed E-state index contributed by atoms with van der Waals surface area (Å²) in [6.45, 7) is 8.78. The first-order chi connectivity index (χ1) is 8.20. The molecule has 0 aromatic heterocycles. The van der Waals surface area contributed by atoms with E-state index >= 15 is 0 Å². The largest absolute Gasteiger partial charge is 0.327 e. The Morgan fingerprint density at radius 2 is 1.94 bits per heavy atom. The molecular formula is C15H23ClFN. The second-order valence-electron chi connectivity index (χ2n) is 6.20. The van der Waals surface area contributed by atoms with Gasteiger partial charge in [0.15, 0.2) is 0 Å². The van der Waals surface area contributed by atoms with Crippen LogP contribution in [-0.4, -0.2) is 6.04 Å². The average molecular weight is 272 g/mol. The molecule has 3 heteroatoms. The Morgan fingerprint density at radius 1 is 1.33 bits per heavy atom. The SMILES string of the molecule is CC(CC(N)Cc1cc(Cl)ccc1F)C(C)(C)C. The third-order valence-electron chi connectivity index (χ3n) is 3.62. The van der Waals surface area contributed by atoms with Crippen LogP contribution < -0.4 is 5.73 Å². The second-order valence-corrected chi connectivity index (χ2v) is 6.64. The average Bonchev–Trinajstić information content (AvgIpc) is 2.22. The van der Waals surface area contributed by atoms with Crippen molar-refractivity contribution >= 4 is 11.6 Å². The van der Waals surface area contributed by atoms with Gasteiger partial charge in [-0.25, -0.2) is 4.39 Å². The molecule has 0 aliphatic heterocycles. The van der Waals surface area contributed by atoms with E-state index in [0.717, 1.165) is 6.42 Å². The lowest BCUT2D eigenvalue weighted by Gasteiger charge is -2.29. The number of rotatable bonds is 4. The van der Waals surface area contributed by atoms with Crippen molar-refractivity contribution in [2.24, 2.45) is 17.1 Å². The highest BCUT2D eigenvalue weighted by Crippen LogP contribution is 2.29. The molecule has 0 bridgehead atoms. The van der Waals surface area contributed by atoms with E-state index in [9.17, 15) is 4.39 Å². The Morgan fingerprint density at radius 3 is 2.50 bits per heavy atom. The van der Waals surface area contributed by atoms with Crippen molar-refractivity contribution in [2.45, 2.75) is 46.6 Å². The first-order valence-electron chi connectivity index (χ1n) is 6.39. The molecule has 0 spiro atoms. The standard InChI is InChI=1S/C15H23ClFN/c1-10(15(2,3)4)7-13(18)9-11-8-12(16)5-6-14(11)17/h5-6,8,10,13H,7,9,18H2,1-4H3. The van der Waals surface area contributed by atoms with Crippen LogP contribution in [-0.2, 0) is 6.42 Å². The summed E-state index contributed by atoms with van der Waals surface area (Å²) < 4.78 is 13.6. The highest BCUT2D eigenvalue weighted by atomic mass is 35.5. The Kier molecular flexibility index (Phi) is 5.18. The van der Waals surface area contributed by atoms with E-state index in [4.69, 9.17) is 17.3 Å². The van der Waals surface area contributed by atoms with Crippen LogP contribution in [0.4, 0.5) is 4.39 Å². The van der Waals surface area contributed by atoms with Crippen LogP contribution in [0.3, 0.4) is 0 Å². The van der Waals surface area contributed by atoms with Gasteiger partial charge in [0.25, 0.3) is 0 Å². The zero-order chi connectivity index (χ0) is 13.9. The van der Waals surface area contributed by atoms with Crippen molar-refractivity contribution in [3.05, 3.63) is 34.6 Å². The first kappa shape index (κ1) is 15.5. The molecule has 1 aromatic carbocycles. The molecule has 2 N–H and O–H groups in total. The summed E-state index contributed by atoms with van der Waals surface area (Å²) in [6, 6.07) is 4.59. The van der Waals surface area contributed by atoms with E-state index in [2.05, 4.69) is 27.7 Å². The van der Waals surface area contributed by atoms with E-state index in [1.54, 1.807) is 12.1 Å². The fourth-order valence-electron chi connectivity index (χ4n) is 1.87. The highest BCUT2D eigenvalue weighted by molar-refractivity contribution is 6.30. The van der Waals surface area contributed by atoms with Crippen molar-refractivity contribution in [2.75, 3.05) is 0 Å². The molecule has 2 atom stereocenters. The molecule has 1 nitrogen and oxygen atoms in total. The summed E-state index contributed by atoms with van der Waals surface area (Å²) in [7, 11) is 0. The zero-order valence-corrected chi connectivity index (χ0v) is 12.4. The van der Waals surface area contributed by atoms with E-state index in [1.165, 1.54) is 6.07 Å². The Labute approximate surface area is 115 Å². The first-order valence-corrected chi connectivity index (χ1v) is 6.77. The van der Waals surface area contributed by atoms with Gasteiger partial charge in [-0.1, -0.05) is 39.3 Å². The summed E-state index contributed by atoms with van der Waals surface area (Å²) in [5, 5.41) is 0.558. The van der Waals surface area contributed by atoms with E-state index < -0.39 is 0 Å². The highest BCUT2D eigenvalue weighted by Gasteiger charge is 2.22. The third-order valence-corrected chi connectivity index (χ3v) is 3.86. The van der Waals surface area contributed by atoms with Crippen molar-refractivity contribution in [3.63, 3.8) is 0 Å². The number of hydrogen-bond donors (Lipinski definition) is 1. The summed E-state index contributed by atoms with van der Waals surface area (Å²) in [5.74, 6) is 0.271. The monoisotopic (exact) mass is 271 g/mol. The van der Waals surface area contributed by atoms with Gasteiger partial charge in [-0.3, -0.25) is 0 Å². The van der Waals surface area contributed by atoms with Crippen LogP contribution >= 0.6 is 11.6 Å². The van der Waals surface area contributed by atoms with Crippen molar-refractivity contribution < 1.29 is 4.39 Å². The minimum atomic E-state index is -0.224. The predicted molar refractivity (Wildman–Crippen MR) is 76.3 cm³/mol. The zero-order valence-electron chi connectivity index (χ0n) is 11.6. The normalized spacial score (nSPS) is 15.5. The van der Waals surface area contributed by atoms with E-state index in [-0.39, 0.29) is 17.3 Å². The number of nitrogens with two attached hydrogens (primary N) is 1. The summed E-state index contributed by atoms with van der Waals surface area (Å²) >= 11 is 5.87. The molecule has 0 amide bonds. The maximum atomic E-state index is 13.6. The maximum Gasteiger partial charge on any atom is 0.126 e. The second kappa shape index (κ2) is 6.03. The van der Waals surface area contributed by atoms with Crippen LogP contribution in [0.5, 0.6) is 0 Å². The quantitative estimate of drug-likeness (QED) is 0.862. The van der Waals surface area contributed by atoms with Crippen molar-refractivity contribution in [3.8, 4) is 0 Å². The smallest absolute Gasteiger partial charge is 0.126 e. The van der Waals surface area contributed by atoms with Crippen molar-refractivity contribution in [1.82, 2.24) is 0 Å². The summed E-state index contributed by atoms with van der Waals surface area (Å²) in [4.78, 5) is 0. The molecule has 0 aliphatic carbocycles. The molecule has 0 saturated heterocycles. The molecule has 1 rings (SSSR count). The molecule has 0 heterocycles. The van der Waals surface area contributed by atoms with Crippen LogP contribution in [0.15, 0.2) is 18.2 Å². The molecule has 1 aromatic rings. The molecule has 2 unspecified atom stereocenters. The fourth-order valence-corrected chi connectivity index (χ4v) is 2.07. The van der Waals surface area contributed by atoms with Gasteiger partial charge in [0.2, 0.25) is 0 Å². The van der Waals surface area contributed by atoms with Gasteiger partial charge in [0.05, 0.1) is 0 Å². The maximum absolute atomic E-state index is 13.6. The predicted octanol–water partition coefficient (Wildman–Crippen LogP) is 4.42. The van der Waals surface area contributed by atoms with Gasteiger partial charge in [-0.15, -0.1) is 0 Å². The van der Waals surface area contributed by atoms with E-state index in [0.29, 0.717) is 22.9 Å². The van der Waals surface area contributed by atoms with Gasteiger partial charge in [0, 0.05) is 11.1 Å². The van der Waals surface area contributed by atoms with Crippen LogP contribution in [0.2, 0.25) is 5.02 Å². The van der Waals surface area contributed by atoms with Gasteiger partial charge in [-0.2, -0.15) is 0 Å². The van der Waals surface area contributed by atoms with Crippen LogP contribution in [0.1, 0.15) is 39.7 Å². The lowest BCUT2D eigenvalue weighted by molar-refractivity contribution is 0.232. The van der Waals surface area contributed by atoms with Crippen molar-refractivity contribution in [1.29, 1.82) is 0 Å². The molecule has 0 aliphatic rings. The summed E-state index contributed by atoms with van der Waals surface area (Å²) in [5.41, 5.74) is 6.95. The molecule has 102 valence electrons. The Bertz CT molecular complexity index is 398. The van der Waals surface area contributed by atoms with E-state index in [1.807, 2.05) is 0 Å². The lowest BCUT2D eigenvalue weighted by Crippen LogP contribution is -2.30. The van der Waals surface area contributed by atoms with Gasteiger partial charge in [-0.05, 0) is 47.9 Å². The van der Waals surface area contributed by atoms with Crippen LogP contribution in [0.25, 0.3) is 0 Å². The Balaban J connectivity index is 2.65. The molecule has 18 heavy (non-hydrogen) atoms. The minimum absolute atomic E-state index is 0.0350.